The highest BCUT2D eigenvalue weighted by Gasteiger charge is 2.20. The largest absolute Gasteiger partial charge is 0.309 e. The number of benzene rings is 2. The molecule has 0 atom stereocenters. The first-order valence-corrected chi connectivity index (χ1v) is 9.20. The van der Waals surface area contributed by atoms with Crippen molar-refractivity contribution < 1.29 is 0 Å². The molecule has 25 heavy (non-hydrogen) atoms. The number of nitrogens with one attached hydrogen (secondary N) is 1. The first kappa shape index (κ1) is 15.8. The van der Waals surface area contributed by atoms with Crippen molar-refractivity contribution in [3.63, 3.8) is 0 Å². The summed E-state index contributed by atoms with van der Waals surface area (Å²) < 4.78 is 0. The van der Waals surface area contributed by atoms with Gasteiger partial charge in [-0.25, -0.2) is 4.98 Å². The van der Waals surface area contributed by atoms with E-state index in [2.05, 4.69) is 36.2 Å². The molecule has 0 aliphatic heterocycles. The normalized spacial score (nSPS) is 11.3. The van der Waals surface area contributed by atoms with Crippen LogP contribution in [0.4, 0.5) is 0 Å². The van der Waals surface area contributed by atoms with Gasteiger partial charge in [0.2, 0.25) is 0 Å². The van der Waals surface area contributed by atoms with Crippen molar-refractivity contribution >= 4 is 21.6 Å². The number of fused-ring (bicyclic) bond motifs is 1. The Balaban J connectivity index is 1.93. The minimum absolute atomic E-state index is 0.0622. The van der Waals surface area contributed by atoms with E-state index in [1.54, 1.807) is 11.3 Å². The fourth-order valence-electron chi connectivity index (χ4n) is 3.11. The Hall–Kier alpha value is -2.72. The van der Waals surface area contributed by atoms with E-state index in [-0.39, 0.29) is 11.5 Å². The Kier molecular flexibility index (Phi) is 4.20. The maximum atomic E-state index is 12.6. The van der Waals surface area contributed by atoms with Crippen molar-refractivity contribution in [2.45, 2.75) is 19.3 Å². The zero-order valence-corrected chi connectivity index (χ0v) is 14.7. The third-order valence-electron chi connectivity index (χ3n) is 4.36. The second-order valence-corrected chi connectivity index (χ2v) is 7.11. The van der Waals surface area contributed by atoms with Crippen LogP contribution in [0, 0.1) is 0 Å². The Morgan fingerprint density at radius 3 is 2.16 bits per heavy atom. The second kappa shape index (κ2) is 6.65. The summed E-state index contributed by atoms with van der Waals surface area (Å²) >= 11 is 1.60. The smallest absolute Gasteiger partial charge is 0.259 e. The molecular formula is C21H18N2OS. The van der Waals surface area contributed by atoms with Crippen LogP contribution in [-0.4, -0.2) is 9.97 Å². The zero-order valence-electron chi connectivity index (χ0n) is 13.9. The number of aromatic nitrogens is 2. The van der Waals surface area contributed by atoms with Gasteiger partial charge in [0.25, 0.3) is 5.56 Å². The van der Waals surface area contributed by atoms with Gasteiger partial charge in [0.15, 0.2) is 0 Å². The lowest BCUT2D eigenvalue weighted by Crippen LogP contribution is -2.15. The van der Waals surface area contributed by atoms with E-state index in [1.807, 2.05) is 42.5 Å². The zero-order chi connectivity index (χ0) is 17.2. The van der Waals surface area contributed by atoms with Crippen LogP contribution >= 0.6 is 11.3 Å². The van der Waals surface area contributed by atoms with Gasteiger partial charge in [-0.15, -0.1) is 11.3 Å². The topological polar surface area (TPSA) is 45.8 Å². The quantitative estimate of drug-likeness (QED) is 0.581. The van der Waals surface area contributed by atoms with E-state index in [4.69, 9.17) is 4.98 Å². The van der Waals surface area contributed by atoms with Crippen LogP contribution in [-0.2, 0) is 6.42 Å². The summed E-state index contributed by atoms with van der Waals surface area (Å²) in [6.07, 6.45) is 0.913. The molecule has 124 valence electrons. The highest BCUT2D eigenvalue weighted by molar-refractivity contribution is 7.18. The average Bonchev–Trinajstić information content (AvgIpc) is 3.08. The molecule has 4 rings (SSSR count). The molecule has 0 spiro atoms. The number of H-pyrrole nitrogens is 1. The van der Waals surface area contributed by atoms with Crippen molar-refractivity contribution in [2.75, 3.05) is 0 Å². The molecule has 3 nitrogen and oxygen atoms in total. The fourth-order valence-corrected chi connectivity index (χ4v) is 4.08. The number of hydrogen-bond acceptors (Lipinski definition) is 3. The van der Waals surface area contributed by atoms with Gasteiger partial charge in [-0.05, 0) is 23.6 Å². The van der Waals surface area contributed by atoms with Gasteiger partial charge >= 0.3 is 0 Å². The third-order valence-corrected chi connectivity index (χ3v) is 5.53. The third kappa shape index (κ3) is 3.01. The molecule has 4 aromatic rings. The predicted molar refractivity (Wildman–Crippen MR) is 103 cm³/mol. The summed E-state index contributed by atoms with van der Waals surface area (Å²) in [5, 5.41) is 0.686. The Morgan fingerprint density at radius 1 is 1.00 bits per heavy atom. The maximum absolute atomic E-state index is 12.6. The summed E-state index contributed by atoms with van der Waals surface area (Å²) in [6.45, 7) is 2.09. The second-order valence-electron chi connectivity index (χ2n) is 5.99. The summed E-state index contributed by atoms with van der Waals surface area (Å²) in [5.74, 6) is 0.603. The Labute approximate surface area is 150 Å². The minimum atomic E-state index is -0.0910. The van der Waals surface area contributed by atoms with Crippen LogP contribution in [0.15, 0.2) is 71.5 Å². The molecule has 0 saturated heterocycles. The lowest BCUT2D eigenvalue weighted by molar-refractivity contribution is 0.860. The summed E-state index contributed by atoms with van der Waals surface area (Å²) in [6, 6.07) is 22.3. The van der Waals surface area contributed by atoms with Crippen LogP contribution in [0.5, 0.6) is 0 Å². The Morgan fingerprint density at radius 2 is 1.60 bits per heavy atom. The summed E-state index contributed by atoms with van der Waals surface area (Å²) in [5.41, 5.74) is 2.17. The number of aryl methyl sites for hydroxylation is 1. The Bertz CT molecular complexity index is 1010. The van der Waals surface area contributed by atoms with Gasteiger partial charge in [-0.3, -0.25) is 4.79 Å². The van der Waals surface area contributed by atoms with Gasteiger partial charge in [0.05, 0.1) is 11.3 Å². The molecule has 0 bridgehead atoms. The number of hydrogen-bond donors (Lipinski definition) is 1. The summed E-state index contributed by atoms with van der Waals surface area (Å²) in [7, 11) is 0. The van der Waals surface area contributed by atoms with E-state index in [0.717, 1.165) is 22.4 Å². The first-order chi connectivity index (χ1) is 12.3. The van der Waals surface area contributed by atoms with Crippen molar-refractivity contribution in [3.05, 3.63) is 98.9 Å². The van der Waals surface area contributed by atoms with Gasteiger partial charge in [0.1, 0.15) is 10.7 Å². The summed E-state index contributed by atoms with van der Waals surface area (Å²) in [4.78, 5) is 22.4. The van der Waals surface area contributed by atoms with E-state index < -0.39 is 0 Å². The maximum Gasteiger partial charge on any atom is 0.259 e. The molecule has 4 heteroatoms. The number of thiophene rings is 1. The van der Waals surface area contributed by atoms with Crippen LogP contribution in [0.2, 0.25) is 0 Å². The molecular weight excluding hydrogens is 328 g/mol. The highest BCUT2D eigenvalue weighted by Crippen LogP contribution is 2.31. The van der Waals surface area contributed by atoms with Crippen molar-refractivity contribution in [3.8, 4) is 0 Å². The lowest BCUT2D eigenvalue weighted by atomic mass is 9.90. The molecule has 0 fully saturated rings. The molecule has 2 aromatic carbocycles. The van der Waals surface area contributed by atoms with Crippen LogP contribution in [0.1, 0.15) is 34.7 Å². The lowest BCUT2D eigenvalue weighted by Gasteiger charge is -2.17. The molecule has 0 amide bonds. The van der Waals surface area contributed by atoms with E-state index >= 15 is 0 Å². The number of rotatable bonds is 4. The minimum Gasteiger partial charge on any atom is -0.309 e. The molecule has 0 unspecified atom stereocenters. The van der Waals surface area contributed by atoms with Crippen molar-refractivity contribution in [1.82, 2.24) is 9.97 Å². The van der Waals surface area contributed by atoms with Crippen LogP contribution < -0.4 is 5.56 Å². The molecule has 0 radical (unpaired) electrons. The molecule has 0 aliphatic rings. The van der Waals surface area contributed by atoms with Gasteiger partial charge in [0, 0.05) is 4.88 Å². The SMILES string of the molecule is CCc1cc2c(=O)[nH]c(C(c3ccccc3)c3ccccc3)nc2s1. The van der Waals surface area contributed by atoms with Gasteiger partial charge < -0.3 is 4.98 Å². The highest BCUT2D eigenvalue weighted by atomic mass is 32.1. The van der Waals surface area contributed by atoms with Gasteiger partial charge in [-0.2, -0.15) is 0 Å². The molecule has 0 aliphatic carbocycles. The molecule has 1 N–H and O–H groups in total. The molecule has 2 heterocycles. The van der Waals surface area contributed by atoms with Gasteiger partial charge in [-0.1, -0.05) is 67.6 Å². The predicted octanol–water partition coefficient (Wildman–Crippen LogP) is 4.73. The van der Waals surface area contributed by atoms with E-state index in [1.165, 1.54) is 4.88 Å². The van der Waals surface area contributed by atoms with Crippen LogP contribution in [0.3, 0.4) is 0 Å². The standard InChI is InChI=1S/C21H18N2OS/c1-2-16-13-17-20(24)22-19(23-21(17)25-16)18(14-9-5-3-6-10-14)15-11-7-4-8-12-15/h3-13,18H,2H2,1H3,(H,22,23,24). The first-order valence-electron chi connectivity index (χ1n) is 8.38. The number of nitrogens with zero attached hydrogens (tertiary/aromatic N) is 1. The van der Waals surface area contributed by atoms with Crippen molar-refractivity contribution in [1.29, 1.82) is 0 Å². The van der Waals surface area contributed by atoms with Crippen LogP contribution in [0.25, 0.3) is 10.2 Å². The average molecular weight is 346 g/mol. The fraction of sp³-hybridized carbons (Fsp3) is 0.143. The molecule has 2 aromatic heterocycles. The number of aromatic amines is 1. The monoisotopic (exact) mass is 346 g/mol. The van der Waals surface area contributed by atoms with E-state index in [0.29, 0.717) is 11.2 Å². The van der Waals surface area contributed by atoms with E-state index in [9.17, 15) is 4.79 Å². The molecule has 0 saturated carbocycles. The van der Waals surface area contributed by atoms with Crippen molar-refractivity contribution in [2.24, 2.45) is 0 Å².